The summed E-state index contributed by atoms with van der Waals surface area (Å²) in [5.74, 6) is 0. The highest BCUT2D eigenvalue weighted by Gasteiger charge is 2.42. The van der Waals surface area contributed by atoms with Crippen LogP contribution in [0.25, 0.3) is 0 Å². The number of hydrogen-bond donors (Lipinski definition) is 1. The maximum atomic E-state index is 10.2. The fourth-order valence-electron chi connectivity index (χ4n) is 0.936. The minimum atomic E-state index is -3.36. The van der Waals surface area contributed by atoms with E-state index in [0.717, 1.165) is 0 Å². The molecule has 0 radical (unpaired) electrons. The molecule has 0 spiro atoms. The van der Waals surface area contributed by atoms with Crippen LogP contribution in [0.1, 0.15) is 0 Å². The summed E-state index contributed by atoms with van der Waals surface area (Å²) in [5.41, 5.74) is 0. The van der Waals surface area contributed by atoms with Gasteiger partial charge in [-0.25, -0.2) is 0 Å². The average Bonchev–Trinajstić information content (AvgIpc) is 1.98. The second-order valence-electron chi connectivity index (χ2n) is 4.33. The first kappa shape index (κ1) is 16.9. The topological polar surface area (TPSA) is 57.2 Å². The standard InChI is InChI=1S/C6H24O5Si5/c1-13(2)8-12-9-16(7,10-14(3)4)11-15(5)6/h7,13-15H,12H2,1-6H3. The largest absolute Gasteiger partial charge is 0.645 e. The lowest BCUT2D eigenvalue weighted by Crippen LogP contribution is -2.52. The maximum Gasteiger partial charge on any atom is 0.645 e. The monoisotopic (exact) mass is 316 g/mol. The van der Waals surface area contributed by atoms with E-state index in [0.29, 0.717) is 0 Å². The van der Waals surface area contributed by atoms with Crippen LogP contribution in [0.15, 0.2) is 0 Å². The van der Waals surface area contributed by atoms with E-state index in [9.17, 15) is 4.80 Å². The van der Waals surface area contributed by atoms with E-state index in [-0.39, 0.29) is 0 Å². The van der Waals surface area contributed by atoms with Gasteiger partial charge >= 0.3 is 9.05 Å². The van der Waals surface area contributed by atoms with Crippen LogP contribution < -0.4 is 0 Å². The van der Waals surface area contributed by atoms with E-state index in [2.05, 4.69) is 13.1 Å². The molecular weight excluding hydrogens is 292 g/mol. The highest BCUT2D eigenvalue weighted by molar-refractivity contribution is 6.73. The van der Waals surface area contributed by atoms with Gasteiger partial charge in [-0.2, -0.15) is 0 Å². The van der Waals surface area contributed by atoms with E-state index in [1.807, 2.05) is 26.2 Å². The molecule has 0 aromatic heterocycles. The molecule has 0 bridgehead atoms. The van der Waals surface area contributed by atoms with Crippen molar-refractivity contribution in [2.75, 3.05) is 0 Å². The zero-order valence-electron chi connectivity index (χ0n) is 11.0. The molecule has 0 fully saturated rings. The van der Waals surface area contributed by atoms with E-state index in [4.69, 9.17) is 16.5 Å². The van der Waals surface area contributed by atoms with Crippen LogP contribution in [-0.4, -0.2) is 51.0 Å². The second-order valence-corrected chi connectivity index (χ2v) is 16.3. The van der Waals surface area contributed by atoms with Gasteiger partial charge in [-0.3, -0.25) is 0 Å². The molecule has 0 heterocycles. The third-order valence-corrected chi connectivity index (χ3v) is 12.7. The highest BCUT2D eigenvalue weighted by atomic mass is 28.5. The molecule has 98 valence electrons. The summed E-state index contributed by atoms with van der Waals surface area (Å²) in [4.78, 5) is 10.2. The molecule has 5 nitrogen and oxygen atoms in total. The summed E-state index contributed by atoms with van der Waals surface area (Å²) in [6.07, 6.45) is 0. The quantitative estimate of drug-likeness (QED) is 0.608. The summed E-state index contributed by atoms with van der Waals surface area (Å²) in [6, 6.07) is 0. The lowest BCUT2D eigenvalue weighted by molar-refractivity contribution is 0.146. The van der Waals surface area contributed by atoms with Crippen molar-refractivity contribution in [1.82, 2.24) is 0 Å². The Hall–Kier alpha value is 0.884. The summed E-state index contributed by atoms with van der Waals surface area (Å²) in [6.45, 7) is 12.1. The van der Waals surface area contributed by atoms with Gasteiger partial charge in [-0.05, 0) is 39.3 Å². The Morgan fingerprint density at radius 2 is 1.31 bits per heavy atom. The number of hydrogen-bond acceptors (Lipinski definition) is 5. The van der Waals surface area contributed by atoms with Crippen LogP contribution in [0.3, 0.4) is 0 Å². The number of rotatable bonds is 8. The zero-order chi connectivity index (χ0) is 12.8. The molecule has 0 atom stereocenters. The van der Waals surface area contributed by atoms with Crippen molar-refractivity contribution in [1.29, 1.82) is 0 Å². The minimum Gasteiger partial charge on any atom is -0.444 e. The van der Waals surface area contributed by atoms with Gasteiger partial charge in [0.1, 0.15) is 0 Å². The zero-order valence-corrected chi connectivity index (χ0v) is 16.9. The Labute approximate surface area is 107 Å². The molecule has 0 unspecified atom stereocenters. The molecule has 0 aliphatic carbocycles. The van der Waals surface area contributed by atoms with E-state index < -0.39 is 46.2 Å². The molecule has 0 aliphatic heterocycles. The van der Waals surface area contributed by atoms with Crippen molar-refractivity contribution in [3.63, 3.8) is 0 Å². The lowest BCUT2D eigenvalue weighted by Gasteiger charge is -2.27. The lowest BCUT2D eigenvalue weighted by atomic mass is 11.9. The first-order valence-electron chi connectivity index (χ1n) is 5.58. The molecule has 0 rings (SSSR count). The first-order chi connectivity index (χ1) is 7.25. The Morgan fingerprint density at radius 1 is 0.875 bits per heavy atom. The van der Waals surface area contributed by atoms with Gasteiger partial charge in [0, 0.05) is 0 Å². The van der Waals surface area contributed by atoms with E-state index in [1.165, 1.54) is 0 Å². The van der Waals surface area contributed by atoms with Crippen LogP contribution in [0.2, 0.25) is 39.3 Å². The maximum absolute atomic E-state index is 10.2. The Morgan fingerprint density at radius 3 is 1.62 bits per heavy atom. The highest BCUT2D eigenvalue weighted by Crippen LogP contribution is 2.09. The molecule has 0 aromatic carbocycles. The van der Waals surface area contributed by atoms with Crippen molar-refractivity contribution in [2.24, 2.45) is 0 Å². The SMILES string of the molecule is C[SiH](C)O[SiH2]O[Si](O)(O[SiH](C)C)O[SiH](C)C. The van der Waals surface area contributed by atoms with Gasteiger partial charge in [0.25, 0.3) is 10.0 Å². The van der Waals surface area contributed by atoms with Crippen molar-refractivity contribution in [2.45, 2.75) is 39.3 Å². The summed E-state index contributed by atoms with van der Waals surface area (Å²) in [7, 11) is -8.31. The third-order valence-electron chi connectivity index (χ3n) is 1.41. The minimum absolute atomic E-state index is 1.07. The molecule has 0 aliphatic rings. The van der Waals surface area contributed by atoms with Crippen LogP contribution in [-0.2, 0) is 16.5 Å². The van der Waals surface area contributed by atoms with Crippen molar-refractivity contribution >= 4 is 46.2 Å². The molecule has 10 heteroatoms. The van der Waals surface area contributed by atoms with Gasteiger partial charge in [0.2, 0.25) is 0 Å². The first-order valence-corrected chi connectivity index (χ1v) is 16.8. The van der Waals surface area contributed by atoms with Gasteiger partial charge < -0.3 is 21.3 Å². The molecule has 16 heavy (non-hydrogen) atoms. The van der Waals surface area contributed by atoms with Gasteiger partial charge in [0.05, 0.1) is 0 Å². The smallest absolute Gasteiger partial charge is 0.444 e. The van der Waals surface area contributed by atoms with Crippen molar-refractivity contribution in [3.8, 4) is 0 Å². The second kappa shape index (κ2) is 8.07. The normalized spacial score (nSPS) is 13.9. The van der Waals surface area contributed by atoms with Crippen LogP contribution >= 0.6 is 0 Å². The van der Waals surface area contributed by atoms with Crippen LogP contribution in [0.5, 0.6) is 0 Å². The van der Waals surface area contributed by atoms with Gasteiger partial charge in [-0.1, -0.05) is 0 Å². The molecule has 0 saturated heterocycles. The molecule has 0 amide bonds. The van der Waals surface area contributed by atoms with Crippen LogP contribution in [0.4, 0.5) is 0 Å². The fourth-order valence-corrected chi connectivity index (χ4v) is 10.8. The fraction of sp³-hybridized carbons (Fsp3) is 1.00. The summed E-state index contributed by atoms with van der Waals surface area (Å²) < 4.78 is 22.0. The summed E-state index contributed by atoms with van der Waals surface area (Å²) >= 11 is 0. The van der Waals surface area contributed by atoms with Crippen molar-refractivity contribution < 1.29 is 21.3 Å². The van der Waals surface area contributed by atoms with Crippen molar-refractivity contribution in [3.05, 3.63) is 0 Å². The molecule has 0 aromatic rings. The molecular formula is C6H24O5Si5. The predicted octanol–water partition coefficient (Wildman–Crippen LogP) is -0.570. The van der Waals surface area contributed by atoms with E-state index in [1.54, 1.807) is 0 Å². The van der Waals surface area contributed by atoms with E-state index >= 15 is 0 Å². The predicted molar refractivity (Wildman–Crippen MR) is 77.5 cm³/mol. The van der Waals surface area contributed by atoms with Gasteiger partial charge in [0.15, 0.2) is 27.1 Å². The average molecular weight is 317 g/mol. The summed E-state index contributed by atoms with van der Waals surface area (Å²) in [5, 5.41) is 0. The third kappa shape index (κ3) is 8.97. The molecule has 0 saturated carbocycles. The van der Waals surface area contributed by atoms with Gasteiger partial charge in [-0.15, -0.1) is 0 Å². The molecule has 1 N–H and O–H groups in total. The Bertz CT molecular complexity index is 180. The Kier molecular flexibility index (Phi) is 8.51. The van der Waals surface area contributed by atoms with Crippen LogP contribution in [0, 0.1) is 0 Å². The Balaban J connectivity index is 4.18.